The van der Waals surface area contributed by atoms with Crippen molar-refractivity contribution in [3.05, 3.63) is 53.9 Å². The van der Waals surface area contributed by atoms with Gasteiger partial charge in [-0.25, -0.2) is 13.1 Å². The molecule has 0 radical (unpaired) electrons. The molecule has 0 amide bonds. The molecule has 1 aromatic carbocycles. The predicted octanol–water partition coefficient (Wildman–Crippen LogP) is 0.975. The van der Waals surface area contributed by atoms with E-state index in [1.54, 1.807) is 24.3 Å². The van der Waals surface area contributed by atoms with Gasteiger partial charge in [0.2, 0.25) is 10.0 Å². The van der Waals surface area contributed by atoms with Crippen LogP contribution in [0.2, 0.25) is 0 Å². The van der Waals surface area contributed by atoms with Gasteiger partial charge in [0, 0.05) is 12.2 Å². The number of nitrogens with two attached hydrogens (primary N) is 1. The Morgan fingerprint density at radius 1 is 1.25 bits per heavy atom. The van der Waals surface area contributed by atoms with E-state index in [0.29, 0.717) is 5.69 Å². The highest BCUT2D eigenvalue weighted by Gasteiger charge is 2.14. The average Bonchev–Trinajstić information content (AvgIpc) is 2.46. The van der Waals surface area contributed by atoms with Crippen LogP contribution in [0.5, 0.6) is 0 Å². The van der Waals surface area contributed by atoms with Crippen molar-refractivity contribution in [3.63, 3.8) is 0 Å². The molecule has 0 aliphatic rings. The van der Waals surface area contributed by atoms with Gasteiger partial charge >= 0.3 is 0 Å². The van der Waals surface area contributed by atoms with Gasteiger partial charge in [-0.2, -0.15) is 10.2 Å². The van der Waals surface area contributed by atoms with Crippen LogP contribution in [0.3, 0.4) is 0 Å². The number of aromatic nitrogens is 2. The molecular weight excluding hydrogens is 276 g/mol. The molecule has 7 heteroatoms. The summed E-state index contributed by atoms with van der Waals surface area (Å²) in [6.45, 7) is 1.95. The summed E-state index contributed by atoms with van der Waals surface area (Å²) in [6.07, 6.45) is 1.53. The van der Waals surface area contributed by atoms with Crippen LogP contribution in [0.1, 0.15) is 24.2 Å². The Labute approximate surface area is 118 Å². The number of sulfonamides is 1. The van der Waals surface area contributed by atoms with Gasteiger partial charge in [0.05, 0.1) is 17.1 Å². The molecule has 0 aliphatic heterocycles. The highest BCUT2D eigenvalue weighted by molar-refractivity contribution is 7.89. The molecule has 0 spiro atoms. The van der Waals surface area contributed by atoms with Crippen molar-refractivity contribution < 1.29 is 8.42 Å². The largest absolute Gasteiger partial charge is 0.324 e. The first-order valence-corrected chi connectivity index (χ1v) is 7.59. The SMILES string of the molecule is CC(N)c1ccc(S(=O)(=O)NCc2cccnn2)cc1. The van der Waals surface area contributed by atoms with E-state index in [1.807, 2.05) is 6.92 Å². The molecule has 0 bridgehead atoms. The molecular formula is C13H16N4O2S. The van der Waals surface area contributed by atoms with E-state index in [2.05, 4.69) is 14.9 Å². The van der Waals surface area contributed by atoms with Crippen molar-refractivity contribution in [3.8, 4) is 0 Å². The maximum Gasteiger partial charge on any atom is 0.240 e. The third-order valence-electron chi connectivity index (χ3n) is 2.79. The zero-order valence-electron chi connectivity index (χ0n) is 11.0. The maximum absolute atomic E-state index is 12.1. The summed E-state index contributed by atoms with van der Waals surface area (Å²) in [7, 11) is -3.56. The zero-order chi connectivity index (χ0) is 14.6. The van der Waals surface area contributed by atoms with Gasteiger partial charge in [-0.3, -0.25) is 0 Å². The van der Waals surface area contributed by atoms with E-state index in [1.165, 1.54) is 18.3 Å². The second kappa shape index (κ2) is 6.08. The molecule has 0 aliphatic carbocycles. The molecule has 0 fully saturated rings. The monoisotopic (exact) mass is 292 g/mol. The van der Waals surface area contributed by atoms with E-state index in [-0.39, 0.29) is 17.5 Å². The smallest absolute Gasteiger partial charge is 0.240 e. The Morgan fingerprint density at radius 3 is 2.50 bits per heavy atom. The van der Waals surface area contributed by atoms with Crippen LogP contribution in [-0.4, -0.2) is 18.6 Å². The van der Waals surface area contributed by atoms with Crippen LogP contribution in [0.15, 0.2) is 47.5 Å². The van der Waals surface area contributed by atoms with Crippen LogP contribution in [0.25, 0.3) is 0 Å². The molecule has 2 aromatic rings. The Bertz CT molecular complexity index is 655. The maximum atomic E-state index is 12.1. The Kier molecular flexibility index (Phi) is 4.43. The predicted molar refractivity (Wildman–Crippen MR) is 75.1 cm³/mol. The standard InChI is InChI=1S/C13H16N4O2S/c1-10(14)11-4-6-13(7-5-11)20(18,19)16-9-12-3-2-8-15-17-12/h2-8,10,16H,9,14H2,1H3. The van der Waals surface area contributed by atoms with Crippen LogP contribution in [-0.2, 0) is 16.6 Å². The summed E-state index contributed by atoms with van der Waals surface area (Å²) >= 11 is 0. The molecule has 20 heavy (non-hydrogen) atoms. The molecule has 0 saturated heterocycles. The molecule has 3 N–H and O–H groups in total. The lowest BCUT2D eigenvalue weighted by atomic mass is 10.1. The average molecular weight is 292 g/mol. The fraction of sp³-hybridized carbons (Fsp3) is 0.231. The summed E-state index contributed by atoms with van der Waals surface area (Å²) in [5, 5.41) is 7.51. The minimum atomic E-state index is -3.56. The Hall–Kier alpha value is -1.83. The van der Waals surface area contributed by atoms with Gasteiger partial charge < -0.3 is 5.73 Å². The summed E-state index contributed by atoms with van der Waals surface area (Å²) in [5.41, 5.74) is 7.17. The molecule has 1 aromatic heterocycles. The first-order valence-electron chi connectivity index (χ1n) is 6.11. The number of hydrogen-bond donors (Lipinski definition) is 2. The summed E-state index contributed by atoms with van der Waals surface area (Å²) in [5.74, 6) is 0. The number of nitrogens with zero attached hydrogens (tertiary/aromatic N) is 2. The molecule has 0 saturated carbocycles. The van der Waals surface area contributed by atoms with Crippen molar-refractivity contribution in [2.45, 2.75) is 24.4 Å². The normalized spacial score (nSPS) is 13.1. The molecule has 1 unspecified atom stereocenters. The highest BCUT2D eigenvalue weighted by Crippen LogP contribution is 2.14. The van der Waals surface area contributed by atoms with E-state index in [0.717, 1.165) is 5.56 Å². The second-order valence-electron chi connectivity index (χ2n) is 4.40. The van der Waals surface area contributed by atoms with Crippen molar-refractivity contribution >= 4 is 10.0 Å². The van der Waals surface area contributed by atoms with Gasteiger partial charge in [0.15, 0.2) is 0 Å². The third-order valence-corrected chi connectivity index (χ3v) is 4.20. The Balaban J connectivity index is 2.10. The van der Waals surface area contributed by atoms with Crippen LogP contribution in [0, 0.1) is 0 Å². The Morgan fingerprint density at radius 2 is 1.95 bits per heavy atom. The van der Waals surface area contributed by atoms with Gasteiger partial charge in [0.25, 0.3) is 0 Å². The van der Waals surface area contributed by atoms with E-state index >= 15 is 0 Å². The van der Waals surface area contributed by atoms with Crippen molar-refractivity contribution in [1.29, 1.82) is 0 Å². The van der Waals surface area contributed by atoms with E-state index in [4.69, 9.17) is 5.73 Å². The van der Waals surface area contributed by atoms with Gasteiger partial charge in [-0.15, -0.1) is 0 Å². The summed E-state index contributed by atoms with van der Waals surface area (Å²) in [6, 6.07) is 9.78. The topological polar surface area (TPSA) is 98.0 Å². The summed E-state index contributed by atoms with van der Waals surface area (Å²) in [4.78, 5) is 0.200. The molecule has 1 atom stereocenters. The lowest BCUT2D eigenvalue weighted by molar-refractivity contribution is 0.580. The zero-order valence-corrected chi connectivity index (χ0v) is 11.8. The van der Waals surface area contributed by atoms with Gasteiger partial charge in [0.1, 0.15) is 0 Å². The van der Waals surface area contributed by atoms with Gasteiger partial charge in [-0.1, -0.05) is 12.1 Å². The van der Waals surface area contributed by atoms with E-state index in [9.17, 15) is 8.42 Å². The van der Waals surface area contributed by atoms with Gasteiger partial charge in [-0.05, 0) is 36.8 Å². The molecule has 6 nitrogen and oxygen atoms in total. The highest BCUT2D eigenvalue weighted by atomic mass is 32.2. The van der Waals surface area contributed by atoms with E-state index < -0.39 is 10.0 Å². The minimum Gasteiger partial charge on any atom is -0.324 e. The fourth-order valence-corrected chi connectivity index (χ4v) is 2.63. The number of benzene rings is 1. The number of rotatable bonds is 5. The van der Waals surface area contributed by atoms with Crippen LogP contribution >= 0.6 is 0 Å². The fourth-order valence-electron chi connectivity index (χ4n) is 1.63. The third kappa shape index (κ3) is 3.60. The van der Waals surface area contributed by atoms with Crippen molar-refractivity contribution in [2.24, 2.45) is 5.73 Å². The molecule has 2 rings (SSSR count). The van der Waals surface area contributed by atoms with Crippen molar-refractivity contribution in [2.75, 3.05) is 0 Å². The summed E-state index contributed by atoms with van der Waals surface area (Å²) < 4.78 is 26.7. The lowest BCUT2D eigenvalue weighted by Gasteiger charge is -2.08. The van der Waals surface area contributed by atoms with Crippen LogP contribution < -0.4 is 10.5 Å². The second-order valence-corrected chi connectivity index (χ2v) is 6.16. The quantitative estimate of drug-likeness (QED) is 0.856. The first-order chi connectivity index (χ1) is 9.49. The minimum absolute atomic E-state index is 0.102. The lowest BCUT2D eigenvalue weighted by Crippen LogP contribution is -2.23. The van der Waals surface area contributed by atoms with Crippen molar-refractivity contribution in [1.82, 2.24) is 14.9 Å². The first kappa shape index (κ1) is 14.6. The van der Waals surface area contributed by atoms with Crippen LogP contribution in [0.4, 0.5) is 0 Å². The molecule has 106 valence electrons. The molecule has 1 heterocycles. The number of hydrogen-bond acceptors (Lipinski definition) is 5. The number of nitrogens with one attached hydrogen (secondary N) is 1.